The van der Waals surface area contributed by atoms with Crippen molar-refractivity contribution >= 4 is 17.8 Å². The van der Waals surface area contributed by atoms with E-state index in [2.05, 4.69) is 43.5 Å². The van der Waals surface area contributed by atoms with Gasteiger partial charge in [0.2, 0.25) is 12.0 Å². The molecule has 0 aliphatic heterocycles. The van der Waals surface area contributed by atoms with Gasteiger partial charge in [-0.2, -0.15) is 0 Å². The Bertz CT molecular complexity index is 763. The molecule has 46 heavy (non-hydrogen) atoms. The van der Waals surface area contributed by atoms with Gasteiger partial charge in [0.15, 0.2) is 0 Å². The summed E-state index contributed by atoms with van der Waals surface area (Å²) in [5, 5.41) is 2.74. The molecule has 0 saturated heterocycles. The van der Waals surface area contributed by atoms with Crippen molar-refractivity contribution in [3.8, 4) is 0 Å². The maximum absolute atomic E-state index is 12.3. The molecule has 268 valence electrons. The van der Waals surface area contributed by atoms with Crippen LogP contribution in [0.3, 0.4) is 0 Å². The fraction of sp³-hybridized carbons (Fsp3) is 0.825. The van der Waals surface area contributed by atoms with E-state index in [0.29, 0.717) is 6.42 Å². The second kappa shape index (κ2) is 35.7. The minimum Gasteiger partial charge on any atom is -0.466 e. The van der Waals surface area contributed by atoms with E-state index in [1.165, 1.54) is 116 Å². The third kappa shape index (κ3) is 31.9. The monoisotopic (exact) mass is 648 g/mol. The van der Waals surface area contributed by atoms with Gasteiger partial charge < -0.3 is 14.8 Å². The van der Waals surface area contributed by atoms with Gasteiger partial charge in [-0.3, -0.25) is 9.59 Å². The van der Waals surface area contributed by atoms with Crippen molar-refractivity contribution in [2.24, 2.45) is 0 Å². The first-order valence-electron chi connectivity index (χ1n) is 19.4. The molecule has 0 heterocycles. The van der Waals surface area contributed by atoms with Gasteiger partial charge in [-0.25, -0.2) is 4.79 Å². The molecule has 1 unspecified atom stereocenters. The van der Waals surface area contributed by atoms with Crippen molar-refractivity contribution in [1.82, 2.24) is 5.32 Å². The van der Waals surface area contributed by atoms with Crippen LogP contribution in [0.1, 0.15) is 194 Å². The minimum absolute atomic E-state index is 0.0469. The summed E-state index contributed by atoms with van der Waals surface area (Å²) < 4.78 is 10.2. The van der Waals surface area contributed by atoms with Crippen molar-refractivity contribution < 1.29 is 23.9 Å². The maximum Gasteiger partial charge on any atom is 0.349 e. The second-order valence-corrected chi connectivity index (χ2v) is 13.0. The number of amides is 1. The Morgan fingerprint density at radius 1 is 0.522 bits per heavy atom. The molecular weight excluding hydrogens is 574 g/mol. The quantitative estimate of drug-likeness (QED) is 0.0427. The molecule has 0 aliphatic rings. The van der Waals surface area contributed by atoms with Crippen LogP contribution in [0.2, 0.25) is 0 Å². The van der Waals surface area contributed by atoms with Gasteiger partial charge in [0.1, 0.15) is 0 Å². The van der Waals surface area contributed by atoms with E-state index in [4.69, 9.17) is 9.47 Å². The van der Waals surface area contributed by atoms with E-state index < -0.39 is 18.0 Å². The summed E-state index contributed by atoms with van der Waals surface area (Å²) in [4.78, 5) is 36.7. The lowest BCUT2D eigenvalue weighted by Gasteiger charge is -2.16. The van der Waals surface area contributed by atoms with E-state index in [1.807, 2.05) is 0 Å². The highest BCUT2D eigenvalue weighted by Gasteiger charge is 2.24. The normalized spacial score (nSPS) is 12.2. The Balaban J connectivity index is 3.80. The molecule has 0 spiro atoms. The Morgan fingerprint density at radius 2 is 0.891 bits per heavy atom. The molecule has 0 bridgehead atoms. The van der Waals surface area contributed by atoms with Crippen LogP contribution in [0.4, 0.5) is 0 Å². The number of hydrogen-bond acceptors (Lipinski definition) is 5. The second-order valence-electron chi connectivity index (χ2n) is 13.0. The average molecular weight is 648 g/mol. The van der Waals surface area contributed by atoms with Crippen molar-refractivity contribution in [3.05, 3.63) is 24.3 Å². The van der Waals surface area contributed by atoms with Gasteiger partial charge in [-0.05, 0) is 64.2 Å². The molecule has 0 aromatic heterocycles. The number of nitrogens with one attached hydrogen (secondary N) is 1. The zero-order chi connectivity index (χ0) is 33.8. The molecule has 0 aliphatic carbocycles. The lowest BCUT2D eigenvalue weighted by atomic mass is 10.1. The number of hydrogen-bond donors (Lipinski definition) is 1. The number of carbonyl (C=O) groups is 3. The fourth-order valence-corrected chi connectivity index (χ4v) is 5.51. The summed E-state index contributed by atoms with van der Waals surface area (Å²) in [7, 11) is 1.26. The van der Waals surface area contributed by atoms with Crippen LogP contribution in [-0.2, 0) is 23.9 Å². The van der Waals surface area contributed by atoms with Gasteiger partial charge in [0.05, 0.1) is 13.7 Å². The van der Waals surface area contributed by atoms with Gasteiger partial charge >= 0.3 is 11.9 Å². The Hall–Kier alpha value is -2.11. The van der Waals surface area contributed by atoms with Gasteiger partial charge in [0, 0.05) is 12.8 Å². The maximum atomic E-state index is 12.3. The van der Waals surface area contributed by atoms with Crippen LogP contribution in [0.25, 0.3) is 0 Å². The summed E-state index contributed by atoms with van der Waals surface area (Å²) in [6.45, 7) is 4.46. The molecule has 6 heteroatoms. The van der Waals surface area contributed by atoms with Crippen LogP contribution < -0.4 is 5.32 Å². The van der Waals surface area contributed by atoms with E-state index in [0.717, 1.165) is 57.8 Å². The summed E-state index contributed by atoms with van der Waals surface area (Å²) in [6, 6.07) is 0. The zero-order valence-electron chi connectivity index (χ0n) is 30.4. The van der Waals surface area contributed by atoms with Crippen molar-refractivity contribution in [3.63, 3.8) is 0 Å². The molecule has 6 nitrogen and oxygen atoms in total. The summed E-state index contributed by atoms with van der Waals surface area (Å²) in [5.41, 5.74) is 0. The SMILES string of the molecule is CCCCCCCC/C=C/CCCCCCCC(=O)NCC(OC(=O)CCCCCCC/C=C/CCCCCCCC)C(=O)OC. The molecule has 0 rings (SSSR count). The number of esters is 2. The predicted molar refractivity (Wildman–Crippen MR) is 194 cm³/mol. The summed E-state index contributed by atoms with van der Waals surface area (Å²) >= 11 is 0. The largest absolute Gasteiger partial charge is 0.466 e. The minimum atomic E-state index is -1.10. The lowest BCUT2D eigenvalue weighted by molar-refractivity contribution is -0.166. The van der Waals surface area contributed by atoms with Gasteiger partial charge in [0.25, 0.3) is 0 Å². The van der Waals surface area contributed by atoms with Gasteiger partial charge in [-0.1, -0.05) is 141 Å². The van der Waals surface area contributed by atoms with E-state index in [9.17, 15) is 14.4 Å². The van der Waals surface area contributed by atoms with Crippen LogP contribution in [0.5, 0.6) is 0 Å². The third-order valence-electron chi connectivity index (χ3n) is 8.53. The molecule has 1 N–H and O–H groups in total. The molecule has 1 atom stereocenters. The Labute approximate surface area is 284 Å². The number of carbonyl (C=O) groups excluding carboxylic acids is 3. The standard InChI is InChI=1S/C40H73NO5/c1-4-6-8-10-12-14-16-18-20-22-24-26-28-30-32-34-38(42)41-36-37(40(44)45-3)46-39(43)35-33-31-29-27-25-23-21-19-17-15-13-11-9-7-5-2/h18-21,37H,4-17,22-36H2,1-3H3,(H,41,42)/b20-18+,21-19+. The van der Waals surface area contributed by atoms with E-state index in [1.54, 1.807) is 0 Å². The molecule has 1 amide bonds. The number of unbranched alkanes of at least 4 members (excludes halogenated alkanes) is 22. The summed E-state index contributed by atoms with van der Waals surface area (Å²) in [6.07, 6.45) is 40.2. The molecule has 0 aromatic rings. The molecule has 0 aromatic carbocycles. The number of rotatable bonds is 34. The first-order chi connectivity index (χ1) is 22.5. The first-order valence-corrected chi connectivity index (χ1v) is 19.4. The van der Waals surface area contributed by atoms with Crippen LogP contribution >= 0.6 is 0 Å². The van der Waals surface area contributed by atoms with Crippen LogP contribution in [-0.4, -0.2) is 37.6 Å². The van der Waals surface area contributed by atoms with Crippen LogP contribution in [0, 0.1) is 0 Å². The predicted octanol–water partition coefficient (Wildman–Crippen LogP) is 11.3. The van der Waals surface area contributed by atoms with Gasteiger partial charge in [-0.15, -0.1) is 0 Å². The highest BCUT2D eigenvalue weighted by molar-refractivity contribution is 5.81. The highest BCUT2D eigenvalue weighted by atomic mass is 16.6. The molecule has 0 fully saturated rings. The van der Waals surface area contributed by atoms with E-state index >= 15 is 0 Å². The Morgan fingerprint density at radius 3 is 1.30 bits per heavy atom. The smallest absolute Gasteiger partial charge is 0.349 e. The number of allylic oxidation sites excluding steroid dienone is 4. The summed E-state index contributed by atoms with van der Waals surface area (Å²) in [5.74, 6) is -1.18. The molecule has 0 saturated carbocycles. The van der Waals surface area contributed by atoms with Crippen molar-refractivity contribution in [1.29, 1.82) is 0 Å². The molecule has 0 radical (unpaired) electrons. The zero-order valence-corrected chi connectivity index (χ0v) is 30.4. The fourth-order valence-electron chi connectivity index (χ4n) is 5.51. The topological polar surface area (TPSA) is 81.7 Å². The van der Waals surface area contributed by atoms with Crippen molar-refractivity contribution in [2.75, 3.05) is 13.7 Å². The Kier molecular flexibility index (Phi) is 34.1. The van der Waals surface area contributed by atoms with Crippen LogP contribution in [0.15, 0.2) is 24.3 Å². The average Bonchev–Trinajstić information content (AvgIpc) is 3.06. The van der Waals surface area contributed by atoms with Crippen molar-refractivity contribution in [2.45, 2.75) is 200 Å². The first kappa shape index (κ1) is 43.9. The third-order valence-corrected chi connectivity index (χ3v) is 8.53. The number of methoxy groups -OCH3 is 1. The number of ether oxygens (including phenoxy) is 2. The van der Waals surface area contributed by atoms with E-state index in [-0.39, 0.29) is 18.9 Å². The highest BCUT2D eigenvalue weighted by Crippen LogP contribution is 2.12. The lowest BCUT2D eigenvalue weighted by Crippen LogP contribution is -2.40. The molecular formula is C40H73NO5.